The lowest BCUT2D eigenvalue weighted by Gasteiger charge is -2.19. The van der Waals surface area contributed by atoms with E-state index in [0.29, 0.717) is 37.3 Å². The standard InChI is InChI=1S/C29H31F4N3O6/c1-40-24-11-9-22(35-26(24)17-6-8-20(30)19(15-17)29(31,32)33)27(38)21(5-3-4-12-34)36-28(39)18-7-10-23(42-14-13-37)25(16-18)41-2/h6-11,15-16,21,37H,3-5,12-14,34H2,1-2H3,(H,36,39)/t21-/m0/s1. The molecule has 13 heteroatoms. The Hall–Kier alpha value is -4.23. The van der Waals surface area contributed by atoms with Gasteiger partial charge in [0.15, 0.2) is 11.5 Å². The van der Waals surface area contributed by atoms with Crippen molar-refractivity contribution in [2.24, 2.45) is 5.73 Å². The molecular formula is C29H31F4N3O6. The number of methoxy groups -OCH3 is 2. The van der Waals surface area contributed by atoms with Gasteiger partial charge in [-0.15, -0.1) is 0 Å². The number of benzene rings is 2. The van der Waals surface area contributed by atoms with Gasteiger partial charge in [0.1, 0.15) is 29.6 Å². The van der Waals surface area contributed by atoms with E-state index in [1.165, 1.54) is 44.6 Å². The van der Waals surface area contributed by atoms with Gasteiger partial charge in [-0.05, 0) is 74.3 Å². The second kappa shape index (κ2) is 14.6. The van der Waals surface area contributed by atoms with E-state index in [9.17, 15) is 27.2 Å². The van der Waals surface area contributed by atoms with Gasteiger partial charge in [-0.3, -0.25) is 9.59 Å². The van der Waals surface area contributed by atoms with Gasteiger partial charge in [0, 0.05) is 11.1 Å². The molecule has 0 unspecified atom stereocenters. The number of carbonyl (C=O) groups is 2. The van der Waals surface area contributed by atoms with Crippen molar-refractivity contribution in [1.82, 2.24) is 10.3 Å². The summed E-state index contributed by atoms with van der Waals surface area (Å²) >= 11 is 0. The average Bonchev–Trinajstić information content (AvgIpc) is 2.98. The first-order valence-electron chi connectivity index (χ1n) is 12.9. The lowest BCUT2D eigenvalue weighted by atomic mass is 10.0. The van der Waals surface area contributed by atoms with Crippen molar-refractivity contribution in [3.63, 3.8) is 0 Å². The number of Topliss-reactive ketones (excluding diaryl/α,β-unsaturated/α-hetero) is 1. The highest BCUT2D eigenvalue weighted by Crippen LogP contribution is 2.36. The van der Waals surface area contributed by atoms with Crippen molar-refractivity contribution in [2.75, 3.05) is 34.0 Å². The largest absolute Gasteiger partial charge is 0.494 e. The molecule has 3 aromatic rings. The molecule has 0 radical (unpaired) electrons. The first-order valence-corrected chi connectivity index (χ1v) is 12.9. The minimum absolute atomic E-state index is 0.0198. The average molecular weight is 594 g/mol. The molecule has 1 aromatic heterocycles. The molecular weight excluding hydrogens is 562 g/mol. The predicted octanol–water partition coefficient (Wildman–Crippen LogP) is 4.41. The molecule has 1 amide bonds. The van der Waals surface area contributed by atoms with Gasteiger partial charge in [-0.1, -0.05) is 0 Å². The summed E-state index contributed by atoms with van der Waals surface area (Å²) in [5.74, 6) is -2.05. The maximum atomic E-state index is 13.9. The van der Waals surface area contributed by atoms with Crippen LogP contribution in [0, 0.1) is 5.82 Å². The summed E-state index contributed by atoms with van der Waals surface area (Å²) < 4.78 is 69.9. The van der Waals surface area contributed by atoms with Crippen LogP contribution in [0.4, 0.5) is 17.6 Å². The number of nitrogens with two attached hydrogens (primary N) is 1. The SMILES string of the molecule is COc1cc(C(=O)N[C@@H](CCCCN)C(=O)c2ccc(OC)c(-c3ccc(F)c(C(F)(F)F)c3)n2)ccc1OCCO. The van der Waals surface area contributed by atoms with Crippen LogP contribution in [0.15, 0.2) is 48.5 Å². The Bertz CT molecular complexity index is 1400. The van der Waals surface area contributed by atoms with Gasteiger partial charge in [-0.2, -0.15) is 13.2 Å². The smallest absolute Gasteiger partial charge is 0.419 e. The monoisotopic (exact) mass is 593 g/mol. The highest BCUT2D eigenvalue weighted by atomic mass is 19.4. The number of ether oxygens (including phenoxy) is 3. The number of carbonyl (C=O) groups excluding carboxylic acids is 2. The molecule has 1 atom stereocenters. The number of amides is 1. The highest BCUT2D eigenvalue weighted by Gasteiger charge is 2.35. The fourth-order valence-corrected chi connectivity index (χ4v) is 4.11. The number of rotatable bonds is 14. The Morgan fingerprint density at radius 1 is 1.00 bits per heavy atom. The van der Waals surface area contributed by atoms with E-state index in [1.54, 1.807) is 0 Å². The molecule has 226 valence electrons. The van der Waals surface area contributed by atoms with Gasteiger partial charge in [0.25, 0.3) is 5.91 Å². The molecule has 0 aliphatic rings. The molecule has 4 N–H and O–H groups in total. The van der Waals surface area contributed by atoms with Crippen LogP contribution >= 0.6 is 0 Å². The molecule has 0 fully saturated rings. The first kappa shape index (κ1) is 32.3. The van der Waals surface area contributed by atoms with Crippen LogP contribution < -0.4 is 25.3 Å². The maximum Gasteiger partial charge on any atom is 0.419 e. The third kappa shape index (κ3) is 7.95. The maximum absolute atomic E-state index is 13.9. The Morgan fingerprint density at radius 3 is 2.36 bits per heavy atom. The normalized spacial score (nSPS) is 12.0. The van der Waals surface area contributed by atoms with Crippen LogP contribution in [0.1, 0.15) is 45.7 Å². The van der Waals surface area contributed by atoms with Crippen LogP contribution in [0.3, 0.4) is 0 Å². The summed E-state index contributed by atoms with van der Waals surface area (Å²) in [7, 11) is 2.66. The summed E-state index contributed by atoms with van der Waals surface area (Å²) in [4.78, 5) is 31.0. The summed E-state index contributed by atoms with van der Waals surface area (Å²) in [6, 6.07) is 8.36. The fourth-order valence-electron chi connectivity index (χ4n) is 4.11. The Labute approximate surface area is 239 Å². The zero-order valence-electron chi connectivity index (χ0n) is 23.0. The van der Waals surface area contributed by atoms with Crippen LogP contribution in [-0.2, 0) is 6.18 Å². The van der Waals surface area contributed by atoms with E-state index in [2.05, 4.69) is 10.3 Å². The predicted molar refractivity (Wildman–Crippen MR) is 145 cm³/mol. The molecule has 0 saturated carbocycles. The van der Waals surface area contributed by atoms with Gasteiger partial charge in [-0.25, -0.2) is 9.37 Å². The Kier molecular flexibility index (Phi) is 11.2. The number of nitrogens with one attached hydrogen (secondary N) is 1. The summed E-state index contributed by atoms with van der Waals surface area (Å²) in [5, 5.41) is 11.7. The van der Waals surface area contributed by atoms with Crippen LogP contribution in [-0.4, -0.2) is 61.8 Å². The summed E-state index contributed by atoms with van der Waals surface area (Å²) in [5.41, 5.74) is 3.90. The number of nitrogens with zero attached hydrogens (tertiary/aromatic N) is 1. The zero-order valence-corrected chi connectivity index (χ0v) is 23.0. The number of aromatic nitrogens is 1. The van der Waals surface area contributed by atoms with Crippen molar-refractivity contribution in [3.05, 3.63) is 71.2 Å². The van der Waals surface area contributed by atoms with Gasteiger partial charge < -0.3 is 30.4 Å². The minimum Gasteiger partial charge on any atom is -0.494 e. The van der Waals surface area contributed by atoms with Crippen molar-refractivity contribution >= 4 is 11.7 Å². The first-order chi connectivity index (χ1) is 20.0. The van der Waals surface area contributed by atoms with E-state index in [1.807, 2.05) is 0 Å². The van der Waals surface area contributed by atoms with Crippen molar-refractivity contribution in [1.29, 1.82) is 0 Å². The number of ketones is 1. The number of hydrogen-bond donors (Lipinski definition) is 3. The van der Waals surface area contributed by atoms with Crippen molar-refractivity contribution in [3.8, 4) is 28.5 Å². The molecule has 0 saturated heterocycles. The molecule has 1 heterocycles. The summed E-state index contributed by atoms with van der Waals surface area (Å²) in [6.45, 7) is 0.161. The Balaban J connectivity index is 1.95. The highest BCUT2D eigenvalue weighted by molar-refractivity contribution is 6.03. The van der Waals surface area contributed by atoms with Crippen molar-refractivity contribution in [2.45, 2.75) is 31.5 Å². The number of alkyl halides is 3. The molecule has 3 rings (SSSR count). The van der Waals surface area contributed by atoms with Gasteiger partial charge in [0.05, 0.1) is 32.4 Å². The lowest BCUT2D eigenvalue weighted by Crippen LogP contribution is -2.41. The third-order valence-electron chi connectivity index (χ3n) is 6.22. The fraction of sp³-hybridized carbons (Fsp3) is 0.345. The molecule has 42 heavy (non-hydrogen) atoms. The summed E-state index contributed by atoms with van der Waals surface area (Å²) in [6.07, 6.45) is -3.69. The molecule has 0 bridgehead atoms. The molecule has 0 aliphatic heterocycles. The van der Waals surface area contributed by atoms with Crippen LogP contribution in [0.5, 0.6) is 17.2 Å². The quantitative estimate of drug-likeness (QED) is 0.142. The van der Waals surface area contributed by atoms with Gasteiger partial charge >= 0.3 is 6.18 Å². The third-order valence-corrected chi connectivity index (χ3v) is 6.22. The number of pyridine rings is 1. The number of aliphatic hydroxyl groups excluding tert-OH is 1. The zero-order chi connectivity index (χ0) is 30.9. The minimum atomic E-state index is -4.95. The molecule has 2 aromatic carbocycles. The number of hydrogen-bond acceptors (Lipinski definition) is 8. The second-order valence-electron chi connectivity index (χ2n) is 9.05. The van der Waals surface area contributed by atoms with E-state index in [0.717, 1.165) is 6.07 Å². The number of unbranched alkanes of at least 4 members (excludes halogenated alkanes) is 1. The lowest BCUT2D eigenvalue weighted by molar-refractivity contribution is -0.139. The van der Waals surface area contributed by atoms with E-state index >= 15 is 0 Å². The van der Waals surface area contributed by atoms with Crippen LogP contribution in [0.25, 0.3) is 11.3 Å². The van der Waals surface area contributed by atoms with E-state index in [4.69, 9.17) is 25.1 Å². The van der Waals surface area contributed by atoms with E-state index < -0.39 is 35.3 Å². The van der Waals surface area contributed by atoms with E-state index in [-0.39, 0.29) is 53.6 Å². The topological polar surface area (TPSA) is 133 Å². The Morgan fingerprint density at radius 2 is 1.71 bits per heavy atom. The second-order valence-corrected chi connectivity index (χ2v) is 9.05. The van der Waals surface area contributed by atoms with Crippen LogP contribution in [0.2, 0.25) is 0 Å². The number of halogens is 4. The van der Waals surface area contributed by atoms with Gasteiger partial charge in [0.2, 0.25) is 5.78 Å². The molecule has 9 nitrogen and oxygen atoms in total. The number of aliphatic hydroxyl groups is 1. The molecule has 0 spiro atoms. The molecule has 0 aliphatic carbocycles. The van der Waals surface area contributed by atoms with Crippen molar-refractivity contribution < 1.29 is 46.5 Å².